The van der Waals surface area contributed by atoms with E-state index in [2.05, 4.69) is 15.9 Å². The number of hydrogen-bond donors (Lipinski definition) is 0. The molecule has 0 aliphatic carbocycles. The van der Waals surface area contributed by atoms with Crippen molar-refractivity contribution in [3.63, 3.8) is 0 Å². The van der Waals surface area contributed by atoms with Gasteiger partial charge in [-0.3, -0.25) is 0 Å². The number of benzene rings is 2. The summed E-state index contributed by atoms with van der Waals surface area (Å²) in [5.74, 6) is -0.229. The number of ether oxygens (including phenoxy) is 1. The molecule has 0 fully saturated rings. The lowest BCUT2D eigenvalue weighted by Gasteiger charge is -2.15. The van der Waals surface area contributed by atoms with Gasteiger partial charge in [-0.05, 0) is 30.7 Å². The average Bonchev–Trinajstić information content (AvgIpc) is 2.42. The third kappa shape index (κ3) is 2.78. The number of hydrogen-bond acceptors (Lipinski definition) is 1. The van der Waals surface area contributed by atoms with Crippen LogP contribution in [0.1, 0.15) is 21.5 Å². The van der Waals surface area contributed by atoms with E-state index in [1.54, 1.807) is 13.2 Å². The topological polar surface area (TPSA) is 9.23 Å². The van der Waals surface area contributed by atoms with Gasteiger partial charge in [0.15, 0.2) is 0 Å². The SMILES string of the molecule is COc1ccccc1C(Br)c1cc(F)c(C)cc1F. The summed E-state index contributed by atoms with van der Waals surface area (Å²) in [6.45, 7) is 1.54. The van der Waals surface area contributed by atoms with Crippen molar-refractivity contribution in [2.45, 2.75) is 11.8 Å². The predicted molar refractivity (Wildman–Crippen MR) is 74.9 cm³/mol. The van der Waals surface area contributed by atoms with Crippen molar-refractivity contribution < 1.29 is 13.5 Å². The first-order valence-corrected chi connectivity index (χ1v) is 6.68. The number of halogens is 3. The zero-order chi connectivity index (χ0) is 14.0. The molecule has 0 saturated carbocycles. The van der Waals surface area contributed by atoms with Gasteiger partial charge in [0.2, 0.25) is 0 Å². The molecule has 0 aliphatic rings. The van der Waals surface area contributed by atoms with Crippen molar-refractivity contribution in [1.29, 1.82) is 0 Å². The van der Waals surface area contributed by atoms with Crippen molar-refractivity contribution in [2.75, 3.05) is 7.11 Å². The summed E-state index contributed by atoms with van der Waals surface area (Å²) in [5, 5.41) is 0. The van der Waals surface area contributed by atoms with E-state index in [9.17, 15) is 8.78 Å². The Morgan fingerprint density at radius 2 is 1.74 bits per heavy atom. The molecule has 0 aliphatic heterocycles. The Morgan fingerprint density at radius 3 is 2.42 bits per heavy atom. The van der Waals surface area contributed by atoms with Gasteiger partial charge in [0.05, 0.1) is 11.9 Å². The van der Waals surface area contributed by atoms with Crippen LogP contribution in [-0.2, 0) is 0 Å². The highest BCUT2D eigenvalue weighted by Crippen LogP contribution is 2.38. The molecule has 1 nitrogen and oxygen atoms in total. The average molecular weight is 327 g/mol. The molecule has 1 atom stereocenters. The smallest absolute Gasteiger partial charge is 0.128 e. The molecular formula is C15H13BrF2O. The Hall–Kier alpha value is -1.42. The molecule has 0 radical (unpaired) electrons. The minimum Gasteiger partial charge on any atom is -0.496 e. The Bertz CT molecular complexity index is 599. The number of aryl methyl sites for hydroxylation is 1. The predicted octanol–water partition coefficient (Wildman–Crippen LogP) is 4.77. The summed E-state index contributed by atoms with van der Waals surface area (Å²) in [5.41, 5.74) is 1.31. The first-order valence-electron chi connectivity index (χ1n) is 5.77. The second kappa shape index (κ2) is 5.70. The lowest BCUT2D eigenvalue weighted by molar-refractivity contribution is 0.410. The van der Waals surface area contributed by atoms with Crippen LogP contribution in [0.2, 0.25) is 0 Å². The Balaban J connectivity index is 2.50. The van der Waals surface area contributed by atoms with Gasteiger partial charge in [-0.25, -0.2) is 8.78 Å². The molecule has 0 heterocycles. The normalized spacial score (nSPS) is 12.3. The van der Waals surface area contributed by atoms with E-state index in [4.69, 9.17) is 4.74 Å². The highest BCUT2D eigenvalue weighted by Gasteiger charge is 2.19. The summed E-state index contributed by atoms with van der Waals surface area (Å²) >= 11 is 3.41. The largest absolute Gasteiger partial charge is 0.496 e. The summed E-state index contributed by atoms with van der Waals surface area (Å²) in [7, 11) is 1.55. The molecule has 0 saturated heterocycles. The molecule has 0 spiro atoms. The molecular weight excluding hydrogens is 314 g/mol. The van der Waals surface area contributed by atoms with E-state index >= 15 is 0 Å². The molecule has 0 bridgehead atoms. The van der Waals surface area contributed by atoms with Crippen molar-refractivity contribution in [3.8, 4) is 5.75 Å². The maximum Gasteiger partial charge on any atom is 0.128 e. The molecule has 1 unspecified atom stereocenters. The summed E-state index contributed by atoms with van der Waals surface area (Å²) in [6.07, 6.45) is 0. The summed E-state index contributed by atoms with van der Waals surface area (Å²) in [4.78, 5) is -0.459. The minimum absolute atomic E-state index is 0.257. The fraction of sp³-hybridized carbons (Fsp3) is 0.200. The molecule has 2 aromatic rings. The molecule has 100 valence electrons. The lowest BCUT2D eigenvalue weighted by atomic mass is 10.0. The van der Waals surface area contributed by atoms with Crippen LogP contribution in [0.15, 0.2) is 36.4 Å². The van der Waals surface area contributed by atoms with Gasteiger partial charge in [0, 0.05) is 11.1 Å². The fourth-order valence-electron chi connectivity index (χ4n) is 1.90. The first-order chi connectivity index (χ1) is 9.04. The van der Waals surface area contributed by atoms with Crippen LogP contribution in [0, 0.1) is 18.6 Å². The number of alkyl halides is 1. The van der Waals surface area contributed by atoms with E-state index in [0.717, 1.165) is 5.56 Å². The quantitative estimate of drug-likeness (QED) is 0.738. The van der Waals surface area contributed by atoms with Crippen LogP contribution in [-0.4, -0.2) is 7.11 Å². The summed E-state index contributed by atoms with van der Waals surface area (Å²) < 4.78 is 32.8. The Morgan fingerprint density at radius 1 is 1.05 bits per heavy atom. The highest BCUT2D eigenvalue weighted by molar-refractivity contribution is 9.09. The second-order valence-electron chi connectivity index (χ2n) is 4.23. The van der Waals surface area contributed by atoms with Crippen molar-refractivity contribution in [1.82, 2.24) is 0 Å². The fourth-order valence-corrected chi connectivity index (χ4v) is 2.63. The van der Waals surface area contributed by atoms with Crippen molar-refractivity contribution in [2.24, 2.45) is 0 Å². The van der Waals surface area contributed by atoms with Gasteiger partial charge in [-0.2, -0.15) is 0 Å². The summed E-state index contributed by atoms with van der Waals surface area (Å²) in [6, 6.07) is 9.68. The van der Waals surface area contributed by atoms with Crippen LogP contribution in [0.25, 0.3) is 0 Å². The van der Waals surface area contributed by atoms with E-state index < -0.39 is 16.5 Å². The van der Waals surface area contributed by atoms with Crippen LogP contribution in [0.4, 0.5) is 8.78 Å². The maximum absolute atomic E-state index is 14.0. The van der Waals surface area contributed by atoms with E-state index in [1.165, 1.54) is 19.1 Å². The first kappa shape index (κ1) is 14.0. The van der Waals surface area contributed by atoms with Crippen LogP contribution < -0.4 is 4.74 Å². The van der Waals surface area contributed by atoms with Gasteiger partial charge in [-0.15, -0.1) is 0 Å². The van der Waals surface area contributed by atoms with E-state index in [1.807, 2.05) is 18.2 Å². The molecule has 19 heavy (non-hydrogen) atoms. The van der Waals surface area contributed by atoms with Crippen molar-refractivity contribution >= 4 is 15.9 Å². The van der Waals surface area contributed by atoms with Crippen molar-refractivity contribution in [3.05, 3.63) is 64.7 Å². The number of rotatable bonds is 3. The molecule has 2 aromatic carbocycles. The Labute approximate surface area is 119 Å². The zero-order valence-corrected chi connectivity index (χ0v) is 12.2. The Kier molecular flexibility index (Phi) is 4.20. The monoisotopic (exact) mass is 326 g/mol. The van der Waals surface area contributed by atoms with E-state index in [0.29, 0.717) is 11.3 Å². The lowest BCUT2D eigenvalue weighted by Crippen LogP contribution is -2.01. The van der Waals surface area contributed by atoms with Crippen LogP contribution in [0.5, 0.6) is 5.75 Å². The third-order valence-electron chi connectivity index (χ3n) is 2.96. The molecule has 0 aromatic heterocycles. The van der Waals surface area contributed by atoms with Gasteiger partial charge >= 0.3 is 0 Å². The van der Waals surface area contributed by atoms with Gasteiger partial charge in [0.1, 0.15) is 17.4 Å². The molecule has 2 rings (SSSR count). The van der Waals surface area contributed by atoms with Crippen LogP contribution in [0.3, 0.4) is 0 Å². The molecule has 0 amide bonds. The number of para-hydroxylation sites is 1. The minimum atomic E-state index is -0.459. The third-order valence-corrected chi connectivity index (χ3v) is 3.95. The molecule has 4 heteroatoms. The second-order valence-corrected chi connectivity index (χ2v) is 5.14. The number of methoxy groups -OCH3 is 1. The van der Waals surface area contributed by atoms with E-state index in [-0.39, 0.29) is 5.56 Å². The van der Waals surface area contributed by atoms with Gasteiger partial charge in [0.25, 0.3) is 0 Å². The highest BCUT2D eigenvalue weighted by atomic mass is 79.9. The maximum atomic E-state index is 14.0. The van der Waals surface area contributed by atoms with Gasteiger partial charge < -0.3 is 4.74 Å². The zero-order valence-electron chi connectivity index (χ0n) is 10.6. The standard InChI is InChI=1S/C15H13BrF2O/c1-9-7-13(18)11(8-12(9)17)15(16)10-5-3-4-6-14(10)19-2/h3-8,15H,1-2H3. The van der Waals surface area contributed by atoms with Gasteiger partial charge in [-0.1, -0.05) is 34.1 Å². The van der Waals surface area contributed by atoms with Crippen LogP contribution >= 0.6 is 15.9 Å². The molecule has 0 N–H and O–H groups in total.